The van der Waals surface area contributed by atoms with Gasteiger partial charge in [0.25, 0.3) is 0 Å². The van der Waals surface area contributed by atoms with E-state index in [0.29, 0.717) is 0 Å². The molecule has 0 atom stereocenters. The van der Waals surface area contributed by atoms with Crippen LogP contribution < -0.4 is 5.32 Å². The fourth-order valence-corrected chi connectivity index (χ4v) is 4.77. The second kappa shape index (κ2) is 6.50. The number of hydrogen-bond donors (Lipinski definition) is 1. The zero-order valence-electron chi connectivity index (χ0n) is 9.64. The maximum Gasteiger partial charge on any atom is 0.0926 e. The van der Waals surface area contributed by atoms with E-state index in [0.717, 1.165) is 37.8 Å². The summed E-state index contributed by atoms with van der Waals surface area (Å²) in [5.74, 6) is 0. The molecule has 18 heavy (non-hydrogen) atoms. The SMILES string of the molecule is CCc1nc(CNc2c(Br)cc(Br)cc2Br)cs1. The summed E-state index contributed by atoms with van der Waals surface area (Å²) in [4.78, 5) is 4.54. The van der Waals surface area contributed by atoms with Crippen LogP contribution in [-0.4, -0.2) is 4.98 Å². The Morgan fingerprint density at radius 2 is 1.89 bits per heavy atom. The highest BCUT2D eigenvalue weighted by molar-refractivity contribution is 9.11. The van der Waals surface area contributed by atoms with Gasteiger partial charge in [-0.1, -0.05) is 22.9 Å². The molecule has 0 amide bonds. The minimum atomic E-state index is 0.731. The number of hydrogen-bond acceptors (Lipinski definition) is 3. The Morgan fingerprint density at radius 3 is 2.44 bits per heavy atom. The lowest BCUT2D eigenvalue weighted by Gasteiger charge is -2.10. The average molecular weight is 455 g/mol. The van der Waals surface area contributed by atoms with Gasteiger partial charge in [-0.05, 0) is 50.4 Å². The van der Waals surface area contributed by atoms with Gasteiger partial charge >= 0.3 is 0 Å². The van der Waals surface area contributed by atoms with Gasteiger partial charge in [-0.15, -0.1) is 11.3 Å². The van der Waals surface area contributed by atoms with Gasteiger partial charge in [0.05, 0.1) is 22.9 Å². The predicted molar refractivity (Wildman–Crippen MR) is 88.4 cm³/mol. The zero-order valence-corrected chi connectivity index (χ0v) is 15.2. The summed E-state index contributed by atoms with van der Waals surface area (Å²) in [7, 11) is 0. The summed E-state index contributed by atoms with van der Waals surface area (Å²) in [5.41, 5.74) is 2.13. The van der Waals surface area contributed by atoms with E-state index in [-0.39, 0.29) is 0 Å². The highest BCUT2D eigenvalue weighted by atomic mass is 79.9. The Bertz CT molecular complexity index is 531. The molecule has 1 aromatic carbocycles. The number of rotatable bonds is 4. The summed E-state index contributed by atoms with van der Waals surface area (Å²) >= 11 is 12.3. The van der Waals surface area contributed by atoms with Crippen LogP contribution >= 0.6 is 59.1 Å². The molecule has 0 bridgehead atoms. The molecule has 0 saturated carbocycles. The molecule has 96 valence electrons. The third kappa shape index (κ3) is 3.56. The van der Waals surface area contributed by atoms with Crippen molar-refractivity contribution >= 4 is 64.8 Å². The number of nitrogens with zero attached hydrogens (tertiary/aromatic N) is 1. The maximum absolute atomic E-state index is 4.54. The Labute approximate surface area is 136 Å². The number of anilines is 1. The van der Waals surface area contributed by atoms with Crippen LogP contribution in [-0.2, 0) is 13.0 Å². The normalized spacial score (nSPS) is 10.7. The number of thiazole rings is 1. The van der Waals surface area contributed by atoms with Crippen LogP contribution in [0.3, 0.4) is 0 Å². The second-order valence-corrected chi connectivity index (χ2v) is 7.25. The summed E-state index contributed by atoms with van der Waals surface area (Å²) in [5, 5.41) is 6.68. The van der Waals surface area contributed by atoms with Crippen molar-refractivity contribution < 1.29 is 0 Å². The maximum atomic E-state index is 4.54. The van der Waals surface area contributed by atoms with Crippen molar-refractivity contribution in [1.82, 2.24) is 4.98 Å². The first-order valence-electron chi connectivity index (χ1n) is 5.42. The van der Waals surface area contributed by atoms with Crippen LogP contribution in [0.25, 0.3) is 0 Å². The van der Waals surface area contributed by atoms with E-state index in [1.165, 1.54) is 5.01 Å². The molecule has 2 rings (SSSR count). The standard InChI is InChI=1S/C12H11Br3N2S/c1-2-11-17-8(6-18-11)5-16-12-9(14)3-7(13)4-10(12)15/h3-4,6,16H,2,5H2,1H3. The summed E-state index contributed by atoms with van der Waals surface area (Å²) in [6.45, 7) is 2.85. The smallest absolute Gasteiger partial charge is 0.0926 e. The molecule has 0 unspecified atom stereocenters. The lowest BCUT2D eigenvalue weighted by molar-refractivity contribution is 1.01. The Morgan fingerprint density at radius 1 is 1.22 bits per heavy atom. The Balaban J connectivity index is 2.10. The minimum absolute atomic E-state index is 0.731. The fourth-order valence-electron chi connectivity index (χ4n) is 1.48. The molecule has 1 aromatic heterocycles. The van der Waals surface area contributed by atoms with E-state index in [2.05, 4.69) is 70.4 Å². The molecule has 2 aromatic rings. The van der Waals surface area contributed by atoms with Gasteiger partial charge in [-0.25, -0.2) is 4.98 Å². The average Bonchev–Trinajstić information content (AvgIpc) is 2.75. The van der Waals surface area contributed by atoms with E-state index in [1.807, 2.05) is 12.1 Å². The fraction of sp³-hybridized carbons (Fsp3) is 0.250. The number of halogens is 3. The van der Waals surface area contributed by atoms with Gasteiger partial charge in [0.2, 0.25) is 0 Å². The van der Waals surface area contributed by atoms with E-state index >= 15 is 0 Å². The van der Waals surface area contributed by atoms with Crippen molar-refractivity contribution in [3.8, 4) is 0 Å². The molecule has 6 heteroatoms. The van der Waals surface area contributed by atoms with Gasteiger partial charge in [0.15, 0.2) is 0 Å². The van der Waals surface area contributed by atoms with E-state index in [1.54, 1.807) is 11.3 Å². The molecule has 0 aliphatic carbocycles. The quantitative estimate of drug-likeness (QED) is 0.649. The Hall–Kier alpha value is 0.0900. The summed E-state index contributed by atoms with van der Waals surface area (Å²) < 4.78 is 3.08. The van der Waals surface area contributed by atoms with Crippen molar-refractivity contribution in [2.75, 3.05) is 5.32 Å². The molecule has 1 heterocycles. The molecule has 1 N–H and O–H groups in total. The third-order valence-electron chi connectivity index (χ3n) is 2.35. The molecule has 0 radical (unpaired) electrons. The largest absolute Gasteiger partial charge is 0.378 e. The van der Waals surface area contributed by atoms with Crippen LogP contribution in [0, 0.1) is 0 Å². The molecule has 0 fully saturated rings. The predicted octanol–water partition coefficient (Wildman–Crippen LogP) is 5.61. The van der Waals surface area contributed by atoms with Crippen molar-refractivity contribution in [1.29, 1.82) is 0 Å². The zero-order chi connectivity index (χ0) is 13.1. The molecular formula is C12H11Br3N2S. The number of nitrogens with one attached hydrogen (secondary N) is 1. The minimum Gasteiger partial charge on any atom is -0.378 e. The van der Waals surface area contributed by atoms with E-state index in [9.17, 15) is 0 Å². The van der Waals surface area contributed by atoms with Crippen LogP contribution in [0.5, 0.6) is 0 Å². The topological polar surface area (TPSA) is 24.9 Å². The van der Waals surface area contributed by atoms with Crippen LogP contribution in [0.4, 0.5) is 5.69 Å². The van der Waals surface area contributed by atoms with Gasteiger partial charge in [-0.2, -0.15) is 0 Å². The van der Waals surface area contributed by atoms with Gasteiger partial charge in [-0.3, -0.25) is 0 Å². The number of aryl methyl sites for hydroxylation is 1. The molecular weight excluding hydrogens is 444 g/mol. The molecule has 0 aliphatic rings. The number of benzene rings is 1. The van der Waals surface area contributed by atoms with Crippen molar-refractivity contribution in [3.05, 3.63) is 41.6 Å². The first-order valence-corrected chi connectivity index (χ1v) is 8.67. The summed E-state index contributed by atoms with van der Waals surface area (Å²) in [6.07, 6.45) is 0.996. The molecule has 0 aliphatic heterocycles. The molecule has 0 spiro atoms. The van der Waals surface area contributed by atoms with Gasteiger partial charge in [0.1, 0.15) is 0 Å². The first-order chi connectivity index (χ1) is 8.60. The molecule has 2 nitrogen and oxygen atoms in total. The lowest BCUT2D eigenvalue weighted by atomic mass is 10.3. The van der Waals surface area contributed by atoms with Crippen LogP contribution in [0.15, 0.2) is 30.9 Å². The van der Waals surface area contributed by atoms with Crippen molar-refractivity contribution in [2.45, 2.75) is 19.9 Å². The van der Waals surface area contributed by atoms with Gasteiger partial charge < -0.3 is 5.32 Å². The third-order valence-corrected chi connectivity index (χ3v) is 5.11. The van der Waals surface area contributed by atoms with E-state index in [4.69, 9.17) is 0 Å². The second-order valence-electron chi connectivity index (χ2n) is 3.68. The highest BCUT2D eigenvalue weighted by Crippen LogP contribution is 2.34. The van der Waals surface area contributed by atoms with E-state index < -0.39 is 0 Å². The van der Waals surface area contributed by atoms with Crippen molar-refractivity contribution in [2.24, 2.45) is 0 Å². The summed E-state index contributed by atoms with van der Waals surface area (Å²) in [6, 6.07) is 4.04. The van der Waals surface area contributed by atoms with Gasteiger partial charge in [0, 0.05) is 18.8 Å². The first kappa shape index (κ1) is 14.5. The molecule has 0 saturated heterocycles. The lowest BCUT2D eigenvalue weighted by Crippen LogP contribution is -2.01. The van der Waals surface area contributed by atoms with Crippen molar-refractivity contribution in [3.63, 3.8) is 0 Å². The highest BCUT2D eigenvalue weighted by Gasteiger charge is 2.07. The van der Waals surface area contributed by atoms with Crippen LogP contribution in [0.1, 0.15) is 17.6 Å². The van der Waals surface area contributed by atoms with Crippen LogP contribution in [0.2, 0.25) is 0 Å². The Kier molecular flexibility index (Phi) is 5.24. The monoisotopic (exact) mass is 452 g/mol. The number of aromatic nitrogens is 1.